The molecule has 1 nitrogen and oxygen atoms in total. The number of rotatable bonds is 1. The Bertz CT molecular complexity index is 207. The first-order chi connectivity index (χ1) is 4.33. The summed E-state index contributed by atoms with van der Waals surface area (Å²) in [5.74, 6) is 0. The van der Waals surface area contributed by atoms with Crippen molar-refractivity contribution in [3.8, 4) is 0 Å². The number of benzene rings is 1. The topological polar surface area (TPSA) is 12.4 Å². The van der Waals surface area contributed by atoms with Crippen LogP contribution in [0.25, 0.3) is 0 Å². The zero-order valence-corrected chi connectivity index (χ0v) is 7.09. The molecule has 0 unspecified atom stereocenters. The van der Waals surface area contributed by atoms with E-state index in [0.717, 1.165) is 10.2 Å². The molecule has 0 spiro atoms. The summed E-state index contributed by atoms with van der Waals surface area (Å²) in [6.07, 6.45) is 0. The van der Waals surface area contributed by atoms with E-state index in [-0.39, 0.29) is 0 Å². The Morgan fingerprint density at radius 2 is 1.78 bits per heavy atom. The van der Waals surface area contributed by atoms with Crippen molar-refractivity contribution < 1.29 is 15.5 Å². The molecule has 0 bridgehead atoms. The van der Waals surface area contributed by atoms with Crippen LogP contribution in [-0.4, -0.2) is 0 Å². The maximum absolute atomic E-state index is 3.80. The van der Waals surface area contributed by atoms with Crippen molar-refractivity contribution in [2.45, 2.75) is 0 Å². The predicted molar refractivity (Wildman–Crippen MR) is 36.2 cm³/mol. The molecule has 9 heavy (non-hydrogen) atoms. The van der Waals surface area contributed by atoms with E-state index in [1.54, 1.807) is 0 Å². The zero-order chi connectivity index (χ0) is 6.69. The van der Waals surface area contributed by atoms with Gasteiger partial charge in [-0.15, -0.1) is 0 Å². The van der Waals surface area contributed by atoms with Gasteiger partial charge in [-0.1, -0.05) is 0 Å². The molecular formula is C6H4BrCoN. The van der Waals surface area contributed by atoms with Crippen LogP contribution in [0.1, 0.15) is 0 Å². The molecule has 0 heterocycles. The van der Waals surface area contributed by atoms with Gasteiger partial charge in [0.1, 0.15) is 0 Å². The van der Waals surface area contributed by atoms with Gasteiger partial charge in [0.2, 0.25) is 0 Å². The van der Waals surface area contributed by atoms with Crippen LogP contribution in [0, 0.1) is 0 Å². The van der Waals surface area contributed by atoms with E-state index in [9.17, 15) is 0 Å². The van der Waals surface area contributed by atoms with E-state index >= 15 is 0 Å². The second-order valence-electron chi connectivity index (χ2n) is 1.55. The van der Waals surface area contributed by atoms with Crippen LogP contribution in [0.5, 0.6) is 0 Å². The maximum atomic E-state index is 3.80. The van der Waals surface area contributed by atoms with Crippen molar-refractivity contribution in [1.29, 1.82) is 0 Å². The molecular weight excluding hydrogens is 225 g/mol. The normalized spacial score (nSPS) is 9.11. The van der Waals surface area contributed by atoms with Crippen LogP contribution in [0.3, 0.4) is 0 Å². The Kier molecular flexibility index (Phi) is 2.57. The first kappa shape index (κ1) is 7.12. The molecule has 0 radical (unpaired) electrons. The van der Waals surface area contributed by atoms with Crippen molar-refractivity contribution in [1.82, 2.24) is 0 Å². The summed E-state index contributed by atoms with van der Waals surface area (Å²) in [6, 6.07) is 7.62. The van der Waals surface area contributed by atoms with E-state index < -0.39 is 0 Å². The standard InChI is InChI=1S/C6H4BrN.Co/c7-5-1-3-6(8)4-2-5;/h1-4H;. The summed E-state index contributed by atoms with van der Waals surface area (Å²) in [5.41, 5.74) is 0.873. The van der Waals surface area contributed by atoms with E-state index in [0.29, 0.717) is 0 Å². The molecule has 1 aromatic rings. The van der Waals surface area contributed by atoms with Gasteiger partial charge in [0.25, 0.3) is 0 Å². The first-order valence-electron chi connectivity index (χ1n) is 2.38. The Labute approximate surface area is 70.0 Å². The van der Waals surface area contributed by atoms with Gasteiger partial charge in [0.05, 0.1) is 0 Å². The number of nitrogens with zero attached hydrogens (tertiary/aromatic N) is 1. The fourth-order valence-electron chi connectivity index (χ4n) is 0.491. The Hall–Kier alpha value is 0.00649. The zero-order valence-electron chi connectivity index (χ0n) is 4.47. The van der Waals surface area contributed by atoms with Crippen LogP contribution in [0.2, 0.25) is 0 Å². The molecule has 0 N–H and O–H groups in total. The van der Waals surface area contributed by atoms with Crippen LogP contribution >= 0.6 is 15.9 Å². The predicted octanol–water partition coefficient (Wildman–Crippen LogP) is 2.81. The summed E-state index contributed by atoms with van der Waals surface area (Å²) in [5, 5.41) is 0. The number of hydrogen-bond acceptors (Lipinski definition) is 1. The quantitative estimate of drug-likeness (QED) is 0.701. The van der Waals surface area contributed by atoms with Crippen molar-refractivity contribution >= 4 is 21.6 Å². The van der Waals surface area contributed by atoms with Crippen molar-refractivity contribution in [2.75, 3.05) is 0 Å². The first-order valence-corrected chi connectivity index (χ1v) is 3.64. The van der Waals surface area contributed by atoms with E-state index in [1.165, 1.54) is 0 Å². The molecule has 0 aliphatic carbocycles. The third-order valence-electron chi connectivity index (χ3n) is 0.913. The summed E-state index contributed by atoms with van der Waals surface area (Å²) in [6.45, 7) is 0. The van der Waals surface area contributed by atoms with Gasteiger partial charge < -0.3 is 0 Å². The van der Waals surface area contributed by atoms with Gasteiger partial charge in [-0.2, -0.15) is 0 Å². The van der Waals surface area contributed by atoms with Crippen molar-refractivity contribution in [3.05, 3.63) is 28.7 Å². The van der Waals surface area contributed by atoms with Gasteiger partial charge in [-0.25, -0.2) is 0 Å². The number of hydrogen-bond donors (Lipinski definition) is 0. The minimum atomic E-state index is 0.873. The molecule has 0 aromatic heterocycles. The summed E-state index contributed by atoms with van der Waals surface area (Å²) in [4.78, 5) is 0. The van der Waals surface area contributed by atoms with Gasteiger partial charge in [0, 0.05) is 0 Å². The van der Waals surface area contributed by atoms with Gasteiger partial charge >= 0.3 is 69.9 Å². The summed E-state index contributed by atoms with van der Waals surface area (Å²) in [7, 11) is 0. The third-order valence-corrected chi connectivity index (χ3v) is 1.71. The average Bonchev–Trinajstić information content (AvgIpc) is 1.90. The molecule has 1 aromatic carbocycles. The molecule has 0 fully saturated rings. The van der Waals surface area contributed by atoms with E-state index in [2.05, 4.69) is 35.5 Å². The molecule has 0 amide bonds. The molecule has 0 atom stereocenters. The van der Waals surface area contributed by atoms with E-state index in [1.807, 2.05) is 24.3 Å². The molecule has 0 saturated heterocycles. The fraction of sp³-hybridized carbons (Fsp3) is 0. The summed E-state index contributed by atoms with van der Waals surface area (Å²) < 4.78 is 4.74. The van der Waals surface area contributed by atoms with Crippen LogP contribution in [0.4, 0.5) is 5.69 Å². The molecule has 0 saturated carbocycles. The molecule has 1 rings (SSSR count). The number of halogens is 1. The molecule has 49 valence electrons. The van der Waals surface area contributed by atoms with E-state index in [4.69, 9.17) is 0 Å². The van der Waals surface area contributed by atoms with Crippen LogP contribution in [-0.2, 0) is 15.5 Å². The second kappa shape index (κ2) is 3.24. The van der Waals surface area contributed by atoms with Gasteiger partial charge in [0.15, 0.2) is 0 Å². The fourth-order valence-corrected chi connectivity index (χ4v) is 0.910. The molecule has 0 aliphatic heterocycles. The molecule has 3 heteroatoms. The second-order valence-corrected chi connectivity index (χ2v) is 2.70. The Morgan fingerprint density at radius 3 is 2.22 bits per heavy atom. The van der Waals surface area contributed by atoms with Crippen LogP contribution < -0.4 is 0 Å². The summed E-state index contributed by atoms with van der Waals surface area (Å²) >= 11 is 7.11. The van der Waals surface area contributed by atoms with Crippen molar-refractivity contribution in [2.24, 2.45) is 4.00 Å². The third kappa shape index (κ3) is 2.00. The van der Waals surface area contributed by atoms with Crippen LogP contribution in [0.15, 0.2) is 32.7 Å². The van der Waals surface area contributed by atoms with Crippen molar-refractivity contribution in [3.63, 3.8) is 0 Å². The minimum absolute atomic E-state index is 0.873. The monoisotopic (exact) mass is 228 g/mol. The SMILES string of the molecule is [Co]=[N]c1ccc(Br)cc1. The molecule has 0 aliphatic rings. The average molecular weight is 229 g/mol. The van der Waals surface area contributed by atoms with Gasteiger partial charge in [-0.3, -0.25) is 0 Å². The Balaban J connectivity index is 3.01. The Morgan fingerprint density at radius 1 is 1.22 bits per heavy atom. The van der Waals surface area contributed by atoms with Gasteiger partial charge in [-0.05, 0) is 0 Å².